The van der Waals surface area contributed by atoms with Crippen molar-refractivity contribution in [1.82, 2.24) is 5.32 Å². The second-order valence-corrected chi connectivity index (χ2v) is 5.58. The van der Waals surface area contributed by atoms with Crippen LogP contribution in [-0.4, -0.2) is 37.5 Å². The number of halogens is 1. The van der Waals surface area contributed by atoms with Gasteiger partial charge in [-0.2, -0.15) is 0 Å². The number of methoxy groups -OCH3 is 2. The summed E-state index contributed by atoms with van der Waals surface area (Å²) in [5.41, 5.74) is -0.374. The van der Waals surface area contributed by atoms with Crippen molar-refractivity contribution in [1.29, 1.82) is 0 Å². The van der Waals surface area contributed by atoms with Gasteiger partial charge in [0, 0.05) is 36.7 Å². The molecule has 0 aromatic heterocycles. The third-order valence-electron chi connectivity index (χ3n) is 3.69. The number of nitro benzene ring substituents is 1. The van der Waals surface area contributed by atoms with Gasteiger partial charge in [-0.3, -0.25) is 19.7 Å². The van der Waals surface area contributed by atoms with Crippen LogP contribution in [0.25, 0.3) is 0 Å². The van der Waals surface area contributed by atoms with Crippen molar-refractivity contribution in [2.45, 2.75) is 6.42 Å². The molecule has 9 nitrogen and oxygen atoms in total. The third-order valence-corrected chi connectivity index (χ3v) is 3.69. The number of hydrogen-bond acceptors (Lipinski definition) is 6. The maximum atomic E-state index is 13.7. The topological polar surface area (TPSA) is 120 Å². The average molecular weight is 391 g/mol. The zero-order valence-electron chi connectivity index (χ0n) is 15.2. The number of anilines is 1. The number of carbonyl (C=O) groups excluding carboxylic acids is 2. The Morgan fingerprint density at radius 1 is 1.11 bits per heavy atom. The van der Waals surface area contributed by atoms with E-state index in [0.29, 0.717) is 11.5 Å². The number of carbonyl (C=O) groups is 2. The Labute approximate surface area is 159 Å². The summed E-state index contributed by atoms with van der Waals surface area (Å²) in [5, 5.41) is 15.5. The van der Waals surface area contributed by atoms with Crippen molar-refractivity contribution in [3.8, 4) is 11.5 Å². The molecule has 0 saturated carbocycles. The molecule has 0 aliphatic carbocycles. The summed E-state index contributed by atoms with van der Waals surface area (Å²) in [7, 11) is 2.90. The minimum absolute atomic E-state index is 0.0270. The van der Waals surface area contributed by atoms with Crippen molar-refractivity contribution >= 4 is 23.2 Å². The minimum Gasteiger partial charge on any atom is -0.497 e. The van der Waals surface area contributed by atoms with E-state index in [2.05, 4.69) is 10.6 Å². The zero-order chi connectivity index (χ0) is 20.7. The maximum absolute atomic E-state index is 13.7. The second kappa shape index (κ2) is 9.31. The van der Waals surface area contributed by atoms with E-state index in [-0.39, 0.29) is 29.9 Å². The Bertz CT molecular complexity index is 881. The van der Waals surface area contributed by atoms with Crippen LogP contribution in [0.3, 0.4) is 0 Å². The van der Waals surface area contributed by atoms with Crippen LogP contribution in [0, 0.1) is 15.9 Å². The molecule has 0 bridgehead atoms. The standard InChI is InChI=1S/C18H18FN3O6/c1-27-13-7-11(8-14(10-13)28-2)18(24)20-6-5-17(23)21-16-9-12(22(25)26)3-4-15(16)19/h3-4,7-10H,5-6H2,1-2H3,(H,20,24)(H,21,23). The average Bonchev–Trinajstić information content (AvgIpc) is 2.68. The summed E-state index contributed by atoms with van der Waals surface area (Å²) in [6, 6.07) is 7.44. The minimum atomic E-state index is -0.800. The zero-order valence-corrected chi connectivity index (χ0v) is 15.2. The first-order chi connectivity index (χ1) is 13.3. The smallest absolute Gasteiger partial charge is 0.271 e. The van der Waals surface area contributed by atoms with Gasteiger partial charge in [0.1, 0.15) is 17.3 Å². The first-order valence-electron chi connectivity index (χ1n) is 8.09. The summed E-state index contributed by atoms with van der Waals surface area (Å²) >= 11 is 0. The van der Waals surface area contributed by atoms with Crippen molar-refractivity contribution in [3.63, 3.8) is 0 Å². The van der Waals surface area contributed by atoms with Crippen LogP contribution in [0.5, 0.6) is 11.5 Å². The van der Waals surface area contributed by atoms with Gasteiger partial charge in [0.05, 0.1) is 24.8 Å². The van der Waals surface area contributed by atoms with E-state index in [1.54, 1.807) is 6.07 Å². The van der Waals surface area contributed by atoms with Gasteiger partial charge >= 0.3 is 0 Å². The first kappa shape index (κ1) is 20.6. The molecule has 0 atom stereocenters. The van der Waals surface area contributed by atoms with Gasteiger partial charge in [0.2, 0.25) is 5.91 Å². The molecule has 10 heteroatoms. The molecule has 0 aliphatic heterocycles. The van der Waals surface area contributed by atoms with Gasteiger partial charge in [0.15, 0.2) is 0 Å². The monoisotopic (exact) mass is 391 g/mol. The van der Waals surface area contributed by atoms with Crippen LogP contribution in [0.2, 0.25) is 0 Å². The highest BCUT2D eigenvalue weighted by Gasteiger charge is 2.14. The Morgan fingerprint density at radius 2 is 1.75 bits per heavy atom. The molecular weight excluding hydrogens is 373 g/mol. The van der Waals surface area contributed by atoms with Gasteiger partial charge < -0.3 is 20.1 Å². The number of nitrogens with zero attached hydrogens (tertiary/aromatic N) is 1. The Balaban J connectivity index is 1.93. The predicted molar refractivity (Wildman–Crippen MR) is 98.2 cm³/mol. The fraction of sp³-hybridized carbons (Fsp3) is 0.222. The van der Waals surface area contributed by atoms with Gasteiger partial charge in [-0.15, -0.1) is 0 Å². The number of nitro groups is 1. The fourth-order valence-corrected chi connectivity index (χ4v) is 2.27. The van der Waals surface area contributed by atoms with Crippen LogP contribution < -0.4 is 20.1 Å². The third kappa shape index (κ3) is 5.40. The molecule has 0 unspecified atom stereocenters. The van der Waals surface area contributed by atoms with Crippen LogP contribution in [0.1, 0.15) is 16.8 Å². The lowest BCUT2D eigenvalue weighted by molar-refractivity contribution is -0.384. The summed E-state index contributed by atoms with van der Waals surface area (Å²) in [5.74, 6) is -0.993. The Hall–Kier alpha value is -3.69. The van der Waals surface area contributed by atoms with Gasteiger partial charge in [-0.05, 0) is 18.2 Å². The van der Waals surface area contributed by atoms with Gasteiger partial charge in [-0.1, -0.05) is 0 Å². The molecule has 0 spiro atoms. The second-order valence-electron chi connectivity index (χ2n) is 5.58. The largest absolute Gasteiger partial charge is 0.497 e. The lowest BCUT2D eigenvalue weighted by Crippen LogP contribution is -2.27. The summed E-state index contributed by atoms with van der Waals surface area (Å²) in [4.78, 5) is 34.2. The number of amides is 2. The molecule has 148 valence electrons. The van der Waals surface area contributed by atoms with E-state index in [9.17, 15) is 24.1 Å². The lowest BCUT2D eigenvalue weighted by atomic mass is 10.2. The molecule has 2 rings (SSSR count). The molecule has 28 heavy (non-hydrogen) atoms. The van der Waals surface area contributed by atoms with Crippen LogP contribution in [-0.2, 0) is 4.79 Å². The van der Waals surface area contributed by atoms with Gasteiger partial charge in [-0.25, -0.2) is 4.39 Å². The molecule has 2 N–H and O–H groups in total. The van der Waals surface area contributed by atoms with E-state index in [1.165, 1.54) is 26.4 Å². The molecule has 2 amide bonds. The molecule has 0 fully saturated rings. The number of rotatable bonds is 8. The van der Waals surface area contributed by atoms with Crippen LogP contribution in [0.4, 0.5) is 15.8 Å². The molecule has 0 radical (unpaired) electrons. The van der Waals surface area contributed by atoms with Crippen molar-refractivity contribution in [2.75, 3.05) is 26.1 Å². The van der Waals surface area contributed by atoms with E-state index >= 15 is 0 Å². The number of ether oxygens (including phenoxy) is 2. The molecule has 2 aromatic carbocycles. The SMILES string of the molecule is COc1cc(OC)cc(C(=O)NCCC(=O)Nc2cc([N+](=O)[O-])ccc2F)c1. The van der Waals surface area contributed by atoms with Crippen molar-refractivity contribution < 1.29 is 28.4 Å². The number of hydrogen-bond donors (Lipinski definition) is 2. The van der Waals surface area contributed by atoms with Gasteiger partial charge in [0.25, 0.3) is 11.6 Å². The Morgan fingerprint density at radius 3 is 2.32 bits per heavy atom. The summed E-state index contributed by atoms with van der Waals surface area (Å²) < 4.78 is 23.9. The molecule has 0 aliphatic rings. The Kier molecular flexibility index (Phi) is 6.85. The van der Waals surface area contributed by atoms with E-state index in [0.717, 1.165) is 18.2 Å². The number of benzene rings is 2. The predicted octanol–water partition coefficient (Wildman–Crippen LogP) is 2.51. The highest BCUT2D eigenvalue weighted by Crippen LogP contribution is 2.23. The summed E-state index contributed by atoms with van der Waals surface area (Å²) in [6.07, 6.45) is -0.158. The highest BCUT2D eigenvalue weighted by atomic mass is 19.1. The van der Waals surface area contributed by atoms with Crippen LogP contribution in [0.15, 0.2) is 36.4 Å². The molecule has 2 aromatic rings. The molecule has 0 saturated heterocycles. The van der Waals surface area contributed by atoms with Crippen molar-refractivity contribution in [2.24, 2.45) is 0 Å². The number of nitrogens with one attached hydrogen (secondary N) is 2. The fourth-order valence-electron chi connectivity index (χ4n) is 2.27. The molecule has 0 heterocycles. The first-order valence-corrected chi connectivity index (χ1v) is 8.09. The van der Waals surface area contributed by atoms with Crippen molar-refractivity contribution in [3.05, 3.63) is 57.9 Å². The highest BCUT2D eigenvalue weighted by molar-refractivity contribution is 5.96. The van der Waals surface area contributed by atoms with E-state index < -0.39 is 22.6 Å². The van der Waals surface area contributed by atoms with Crippen LogP contribution >= 0.6 is 0 Å². The summed E-state index contributed by atoms with van der Waals surface area (Å²) in [6.45, 7) is -0.0270. The number of non-ortho nitro benzene ring substituents is 1. The van der Waals surface area contributed by atoms with E-state index in [1.807, 2.05) is 0 Å². The quantitative estimate of drug-likeness (QED) is 0.527. The maximum Gasteiger partial charge on any atom is 0.271 e. The lowest BCUT2D eigenvalue weighted by Gasteiger charge is -2.10. The molecular formula is C18H18FN3O6. The normalized spacial score (nSPS) is 10.1. The van der Waals surface area contributed by atoms with E-state index in [4.69, 9.17) is 9.47 Å².